The van der Waals surface area contributed by atoms with Gasteiger partial charge in [0.25, 0.3) is 5.69 Å². The van der Waals surface area contributed by atoms with Crippen molar-refractivity contribution in [3.8, 4) is 11.1 Å². The smallest absolute Gasteiger partial charge is 0.320 e. The molecule has 0 unspecified atom stereocenters. The van der Waals surface area contributed by atoms with E-state index in [0.717, 1.165) is 11.1 Å². The van der Waals surface area contributed by atoms with Crippen LogP contribution in [0.4, 0.5) is 5.69 Å². The van der Waals surface area contributed by atoms with Crippen LogP contribution in [0, 0.1) is 10.1 Å². The molecule has 0 amide bonds. The molecule has 1 atom stereocenters. The van der Waals surface area contributed by atoms with Gasteiger partial charge in [-0.25, -0.2) is 0 Å². The number of hydrogen-bond acceptors (Lipinski definition) is 5. The summed E-state index contributed by atoms with van der Waals surface area (Å²) in [6.07, 6.45) is 4.88. The number of rotatable bonds is 5. The van der Waals surface area contributed by atoms with Crippen LogP contribution in [0.5, 0.6) is 0 Å². The fourth-order valence-electron chi connectivity index (χ4n) is 2.71. The Hall–Kier alpha value is -3.26. The molecule has 0 aliphatic rings. The van der Waals surface area contributed by atoms with Gasteiger partial charge in [0.15, 0.2) is 0 Å². The largest absolute Gasteiger partial charge is 0.480 e. The van der Waals surface area contributed by atoms with Gasteiger partial charge in [0.2, 0.25) is 0 Å². The number of carboxylic acid groups (broad SMARTS) is 1. The summed E-state index contributed by atoms with van der Waals surface area (Å²) in [5, 5.41) is 20.9. The SMILES string of the molecule is N[C@@H](Cc1c[nH]c2c([N+](=O)[O-])ccc(-c3ccncc3)c12)C(=O)O. The van der Waals surface area contributed by atoms with Crippen molar-refractivity contribution in [3.05, 3.63) is 58.5 Å². The lowest BCUT2D eigenvalue weighted by Crippen LogP contribution is -2.32. The summed E-state index contributed by atoms with van der Waals surface area (Å²) < 4.78 is 0. The molecule has 0 spiro atoms. The van der Waals surface area contributed by atoms with Crippen molar-refractivity contribution in [3.63, 3.8) is 0 Å². The van der Waals surface area contributed by atoms with Crippen molar-refractivity contribution < 1.29 is 14.8 Å². The van der Waals surface area contributed by atoms with E-state index in [2.05, 4.69) is 9.97 Å². The molecule has 0 fully saturated rings. The van der Waals surface area contributed by atoms with Gasteiger partial charge >= 0.3 is 5.97 Å². The van der Waals surface area contributed by atoms with Gasteiger partial charge in [-0.05, 0) is 34.9 Å². The Labute approximate surface area is 136 Å². The number of nitrogens with two attached hydrogens (primary N) is 1. The third-order valence-corrected chi connectivity index (χ3v) is 3.84. The number of nitrogens with one attached hydrogen (secondary N) is 1. The molecular formula is C16H14N4O4. The van der Waals surface area contributed by atoms with Crippen molar-refractivity contribution in [2.24, 2.45) is 5.73 Å². The zero-order valence-corrected chi connectivity index (χ0v) is 12.5. The Morgan fingerprint density at radius 2 is 2.04 bits per heavy atom. The number of pyridine rings is 1. The number of non-ortho nitro benzene ring substituents is 1. The normalized spacial score (nSPS) is 12.2. The summed E-state index contributed by atoms with van der Waals surface area (Å²) in [6.45, 7) is 0. The van der Waals surface area contributed by atoms with Crippen molar-refractivity contribution >= 4 is 22.6 Å². The Morgan fingerprint density at radius 3 is 2.67 bits per heavy atom. The third kappa shape index (κ3) is 2.70. The number of carboxylic acids is 1. The fraction of sp³-hybridized carbons (Fsp3) is 0.125. The molecule has 0 saturated carbocycles. The number of nitro benzene ring substituents is 1. The van der Waals surface area contributed by atoms with Gasteiger partial charge in [0.1, 0.15) is 11.6 Å². The maximum atomic E-state index is 11.3. The molecule has 122 valence electrons. The molecule has 8 heteroatoms. The molecular weight excluding hydrogens is 312 g/mol. The van der Waals surface area contributed by atoms with Gasteiger partial charge in [-0.15, -0.1) is 0 Å². The minimum absolute atomic E-state index is 0.0641. The number of fused-ring (bicyclic) bond motifs is 1. The average Bonchev–Trinajstić information content (AvgIpc) is 2.98. The van der Waals surface area contributed by atoms with Crippen molar-refractivity contribution in [1.29, 1.82) is 0 Å². The van der Waals surface area contributed by atoms with Gasteiger partial charge < -0.3 is 15.8 Å². The van der Waals surface area contributed by atoms with Crippen LogP contribution in [0.2, 0.25) is 0 Å². The fourth-order valence-corrected chi connectivity index (χ4v) is 2.71. The number of carbonyl (C=O) groups is 1. The van der Waals surface area contributed by atoms with Crippen molar-refractivity contribution in [1.82, 2.24) is 9.97 Å². The quantitative estimate of drug-likeness (QED) is 0.485. The van der Waals surface area contributed by atoms with E-state index >= 15 is 0 Å². The average molecular weight is 326 g/mol. The predicted octanol–water partition coefficient (Wildman–Crippen LogP) is 2.09. The first-order valence-electron chi connectivity index (χ1n) is 7.15. The summed E-state index contributed by atoms with van der Waals surface area (Å²) in [6, 6.07) is 5.56. The van der Waals surface area contributed by atoms with Crippen LogP contribution in [0.25, 0.3) is 22.0 Å². The van der Waals surface area contributed by atoms with E-state index < -0.39 is 16.9 Å². The molecule has 8 nitrogen and oxygen atoms in total. The van der Waals surface area contributed by atoms with Gasteiger partial charge in [0, 0.05) is 36.5 Å². The highest BCUT2D eigenvalue weighted by Gasteiger charge is 2.22. The van der Waals surface area contributed by atoms with Crippen molar-refractivity contribution in [2.75, 3.05) is 0 Å². The Balaban J connectivity index is 2.24. The van der Waals surface area contributed by atoms with E-state index in [0.29, 0.717) is 16.5 Å². The topological polar surface area (TPSA) is 135 Å². The first kappa shape index (κ1) is 15.6. The number of aliphatic carboxylic acids is 1. The monoisotopic (exact) mass is 326 g/mol. The number of aromatic nitrogens is 2. The number of H-pyrrole nitrogens is 1. The number of aromatic amines is 1. The predicted molar refractivity (Wildman–Crippen MR) is 87.5 cm³/mol. The molecule has 3 rings (SSSR count). The molecule has 1 aromatic carbocycles. The van der Waals surface area contributed by atoms with E-state index in [1.165, 1.54) is 6.07 Å². The van der Waals surface area contributed by atoms with Crippen LogP contribution >= 0.6 is 0 Å². The molecule has 4 N–H and O–H groups in total. The lowest BCUT2D eigenvalue weighted by Gasteiger charge is -2.09. The van der Waals surface area contributed by atoms with Crippen LogP contribution < -0.4 is 5.73 Å². The molecule has 24 heavy (non-hydrogen) atoms. The Bertz CT molecular complexity index is 920. The summed E-state index contributed by atoms with van der Waals surface area (Å²) >= 11 is 0. The number of nitro groups is 1. The Morgan fingerprint density at radius 1 is 1.33 bits per heavy atom. The number of benzene rings is 1. The van der Waals surface area contributed by atoms with E-state index in [-0.39, 0.29) is 12.1 Å². The van der Waals surface area contributed by atoms with Crippen LogP contribution in [-0.2, 0) is 11.2 Å². The van der Waals surface area contributed by atoms with E-state index in [1.807, 2.05) is 0 Å². The minimum Gasteiger partial charge on any atom is -0.480 e. The minimum atomic E-state index is -1.12. The standard InChI is InChI=1S/C16H14N4O4/c17-12(16(21)22)7-10-8-19-15-13(20(23)24)2-1-11(14(10)15)9-3-5-18-6-4-9/h1-6,8,12,19H,7,17H2,(H,21,22)/t12-/m0/s1. The van der Waals surface area contributed by atoms with Gasteiger partial charge in [-0.3, -0.25) is 19.9 Å². The molecule has 0 radical (unpaired) electrons. The van der Waals surface area contributed by atoms with Crippen LogP contribution in [0.1, 0.15) is 5.56 Å². The second kappa shape index (κ2) is 6.09. The number of nitrogens with zero attached hydrogens (tertiary/aromatic N) is 2. The molecule has 2 heterocycles. The van der Waals surface area contributed by atoms with Gasteiger partial charge in [0.05, 0.1) is 4.92 Å². The molecule has 0 aliphatic heterocycles. The summed E-state index contributed by atoms with van der Waals surface area (Å²) in [4.78, 5) is 28.7. The molecule has 0 bridgehead atoms. The molecule has 3 aromatic rings. The lowest BCUT2D eigenvalue weighted by molar-refractivity contribution is -0.383. The molecule has 0 saturated heterocycles. The van der Waals surface area contributed by atoms with E-state index in [4.69, 9.17) is 10.8 Å². The van der Waals surface area contributed by atoms with Crippen molar-refractivity contribution in [2.45, 2.75) is 12.5 Å². The maximum Gasteiger partial charge on any atom is 0.320 e. The van der Waals surface area contributed by atoms with E-state index in [1.54, 1.807) is 36.8 Å². The first-order chi connectivity index (χ1) is 11.5. The molecule has 0 aliphatic carbocycles. The van der Waals surface area contributed by atoms with E-state index in [9.17, 15) is 14.9 Å². The Kier molecular flexibility index (Phi) is 3.97. The summed E-state index contributed by atoms with van der Waals surface area (Å²) in [7, 11) is 0. The van der Waals surface area contributed by atoms with Crippen LogP contribution in [0.3, 0.4) is 0 Å². The summed E-state index contributed by atoms with van der Waals surface area (Å²) in [5.74, 6) is -1.12. The van der Waals surface area contributed by atoms with Crippen LogP contribution in [-0.4, -0.2) is 32.0 Å². The zero-order valence-electron chi connectivity index (χ0n) is 12.5. The third-order valence-electron chi connectivity index (χ3n) is 3.84. The molecule has 2 aromatic heterocycles. The second-order valence-electron chi connectivity index (χ2n) is 5.34. The second-order valence-corrected chi connectivity index (χ2v) is 5.34. The zero-order chi connectivity index (χ0) is 17.3. The van der Waals surface area contributed by atoms with Gasteiger partial charge in [-0.2, -0.15) is 0 Å². The first-order valence-corrected chi connectivity index (χ1v) is 7.15. The summed E-state index contributed by atoms with van der Waals surface area (Å²) in [5.41, 5.74) is 8.11. The lowest BCUT2D eigenvalue weighted by atomic mass is 9.96. The number of hydrogen-bond donors (Lipinski definition) is 3. The highest BCUT2D eigenvalue weighted by atomic mass is 16.6. The van der Waals surface area contributed by atoms with Crippen LogP contribution in [0.15, 0.2) is 42.9 Å². The highest BCUT2D eigenvalue weighted by Crippen LogP contribution is 2.36. The van der Waals surface area contributed by atoms with Gasteiger partial charge in [-0.1, -0.05) is 0 Å². The highest BCUT2D eigenvalue weighted by molar-refractivity contribution is 6.02. The maximum absolute atomic E-state index is 11.3.